The summed E-state index contributed by atoms with van der Waals surface area (Å²) in [5.74, 6) is -0.0785. The smallest absolute Gasteiger partial charge is 0.252 e. The number of nitrogens with one attached hydrogen (secondary N) is 1. The van der Waals surface area contributed by atoms with Crippen molar-refractivity contribution in [3.63, 3.8) is 0 Å². The lowest BCUT2D eigenvalue weighted by atomic mass is 10.1. The number of hydrogen-bond acceptors (Lipinski definition) is 1. The van der Waals surface area contributed by atoms with Gasteiger partial charge in [-0.1, -0.05) is 52.3 Å². The summed E-state index contributed by atoms with van der Waals surface area (Å²) in [6.07, 6.45) is 0. The van der Waals surface area contributed by atoms with Crippen LogP contribution in [0.2, 0.25) is 0 Å². The number of rotatable bonds is 4. The van der Waals surface area contributed by atoms with Gasteiger partial charge in [0.2, 0.25) is 0 Å². The fourth-order valence-corrected chi connectivity index (χ4v) is 3.15. The molecule has 0 aliphatic rings. The van der Waals surface area contributed by atoms with E-state index in [0.29, 0.717) is 10.9 Å². The molecule has 0 aliphatic heterocycles. The monoisotopic (exact) mass is 395 g/mol. The third-order valence-corrected chi connectivity index (χ3v) is 4.33. The molecule has 0 bridgehead atoms. The molecular formula is C16H15Br2NO. The van der Waals surface area contributed by atoms with Crippen LogP contribution >= 0.6 is 31.9 Å². The Balaban J connectivity index is 2.17. The van der Waals surface area contributed by atoms with E-state index in [9.17, 15) is 4.79 Å². The third-order valence-electron chi connectivity index (χ3n) is 3.03. The Morgan fingerprint density at radius 1 is 1.20 bits per heavy atom. The summed E-state index contributed by atoms with van der Waals surface area (Å²) >= 11 is 6.90. The molecule has 1 N–H and O–H groups in total. The summed E-state index contributed by atoms with van der Waals surface area (Å²) in [7, 11) is 0. The van der Waals surface area contributed by atoms with E-state index in [0.717, 1.165) is 15.6 Å². The molecule has 0 heterocycles. The molecule has 2 aromatic rings. The van der Waals surface area contributed by atoms with Crippen molar-refractivity contribution in [2.24, 2.45) is 0 Å². The lowest BCUT2D eigenvalue weighted by molar-refractivity contribution is 0.0940. The van der Waals surface area contributed by atoms with E-state index in [2.05, 4.69) is 37.2 Å². The van der Waals surface area contributed by atoms with Crippen LogP contribution in [0.1, 0.15) is 27.5 Å². The van der Waals surface area contributed by atoms with Gasteiger partial charge in [0, 0.05) is 9.80 Å². The Morgan fingerprint density at radius 2 is 1.90 bits per heavy atom. The molecule has 2 nitrogen and oxygen atoms in total. The molecule has 1 atom stereocenters. The van der Waals surface area contributed by atoms with E-state index in [1.54, 1.807) is 0 Å². The molecule has 0 saturated carbocycles. The summed E-state index contributed by atoms with van der Waals surface area (Å²) in [5, 5.41) is 3.72. The lowest BCUT2D eigenvalue weighted by Gasteiger charge is -2.17. The Labute approximate surface area is 135 Å². The van der Waals surface area contributed by atoms with Crippen molar-refractivity contribution < 1.29 is 4.79 Å². The van der Waals surface area contributed by atoms with Crippen molar-refractivity contribution in [3.8, 4) is 0 Å². The molecular weight excluding hydrogens is 382 g/mol. The molecule has 1 amide bonds. The molecule has 0 fully saturated rings. The number of carbonyl (C=O) groups excluding carboxylic acids is 1. The van der Waals surface area contributed by atoms with E-state index in [1.165, 1.54) is 0 Å². The minimum atomic E-state index is -0.0785. The Morgan fingerprint density at radius 3 is 2.50 bits per heavy atom. The van der Waals surface area contributed by atoms with Gasteiger partial charge >= 0.3 is 0 Å². The van der Waals surface area contributed by atoms with Gasteiger partial charge in [0.25, 0.3) is 5.91 Å². The molecule has 104 valence electrons. The normalized spacial score (nSPS) is 11.9. The summed E-state index contributed by atoms with van der Waals surface area (Å²) in [6, 6.07) is 15.6. The van der Waals surface area contributed by atoms with Crippen molar-refractivity contribution in [3.05, 3.63) is 69.7 Å². The van der Waals surface area contributed by atoms with Gasteiger partial charge in [-0.25, -0.2) is 0 Å². The molecule has 0 spiro atoms. The average molecular weight is 397 g/mol. The zero-order valence-corrected chi connectivity index (χ0v) is 14.2. The van der Waals surface area contributed by atoms with Crippen LogP contribution in [0.4, 0.5) is 0 Å². The van der Waals surface area contributed by atoms with Crippen LogP contribution in [-0.2, 0) is 0 Å². The van der Waals surface area contributed by atoms with E-state index in [-0.39, 0.29) is 11.9 Å². The summed E-state index contributed by atoms with van der Waals surface area (Å²) in [5.41, 5.74) is 2.85. The summed E-state index contributed by atoms with van der Waals surface area (Å²) in [6.45, 7) is 2.00. The van der Waals surface area contributed by atoms with Crippen LogP contribution in [0.25, 0.3) is 0 Å². The molecule has 4 heteroatoms. The first-order valence-corrected chi connectivity index (χ1v) is 8.21. The van der Waals surface area contributed by atoms with Crippen molar-refractivity contribution in [1.29, 1.82) is 0 Å². The number of carbonyl (C=O) groups is 1. The number of amides is 1. The van der Waals surface area contributed by atoms with Gasteiger partial charge in [0.15, 0.2) is 0 Å². The van der Waals surface area contributed by atoms with Crippen LogP contribution in [0, 0.1) is 6.92 Å². The van der Waals surface area contributed by atoms with Crippen molar-refractivity contribution in [2.75, 3.05) is 5.33 Å². The first-order valence-electron chi connectivity index (χ1n) is 6.29. The summed E-state index contributed by atoms with van der Waals surface area (Å²) in [4.78, 5) is 12.4. The number of aryl methyl sites for hydroxylation is 1. The first-order chi connectivity index (χ1) is 9.61. The van der Waals surface area contributed by atoms with Crippen LogP contribution in [0.5, 0.6) is 0 Å². The highest BCUT2D eigenvalue weighted by molar-refractivity contribution is 9.10. The van der Waals surface area contributed by atoms with Gasteiger partial charge in [-0.15, -0.1) is 0 Å². The number of alkyl halides is 1. The SMILES string of the molecule is Cc1ccc(C(=O)NC(CBr)c2ccccc2)c(Br)c1. The zero-order chi connectivity index (χ0) is 14.5. The Bertz CT molecular complexity index is 599. The predicted octanol–water partition coefficient (Wildman–Crippen LogP) is 4.62. The second-order valence-corrected chi connectivity index (χ2v) is 6.08. The third kappa shape index (κ3) is 3.70. The van der Waals surface area contributed by atoms with Crippen LogP contribution in [0.15, 0.2) is 53.0 Å². The van der Waals surface area contributed by atoms with Crippen molar-refractivity contribution >= 4 is 37.8 Å². The van der Waals surface area contributed by atoms with Gasteiger partial charge in [0.1, 0.15) is 0 Å². The molecule has 0 aromatic heterocycles. The van der Waals surface area contributed by atoms with Gasteiger partial charge in [-0.3, -0.25) is 4.79 Å². The average Bonchev–Trinajstić information content (AvgIpc) is 2.45. The maximum absolute atomic E-state index is 12.4. The number of hydrogen-bond donors (Lipinski definition) is 1. The molecule has 0 saturated heterocycles. The minimum Gasteiger partial charge on any atom is -0.344 e. The van der Waals surface area contributed by atoms with E-state index >= 15 is 0 Å². The van der Waals surface area contributed by atoms with Gasteiger partial charge in [-0.05, 0) is 46.1 Å². The number of benzene rings is 2. The van der Waals surface area contributed by atoms with Gasteiger partial charge in [0.05, 0.1) is 11.6 Å². The van der Waals surface area contributed by atoms with E-state index in [4.69, 9.17) is 0 Å². The van der Waals surface area contributed by atoms with Crippen LogP contribution < -0.4 is 5.32 Å². The lowest BCUT2D eigenvalue weighted by Crippen LogP contribution is -2.29. The highest BCUT2D eigenvalue weighted by atomic mass is 79.9. The predicted molar refractivity (Wildman–Crippen MR) is 89.3 cm³/mol. The topological polar surface area (TPSA) is 29.1 Å². The fourth-order valence-electron chi connectivity index (χ4n) is 1.94. The van der Waals surface area contributed by atoms with E-state index in [1.807, 2.05) is 55.5 Å². The quantitative estimate of drug-likeness (QED) is 0.750. The van der Waals surface area contributed by atoms with Crippen molar-refractivity contribution in [2.45, 2.75) is 13.0 Å². The Kier molecular flexibility index (Phi) is 5.38. The minimum absolute atomic E-state index is 0.0445. The standard InChI is InChI=1S/C16H15Br2NO/c1-11-7-8-13(14(18)9-11)16(20)19-15(10-17)12-5-3-2-4-6-12/h2-9,15H,10H2,1H3,(H,19,20). The van der Waals surface area contributed by atoms with Crippen molar-refractivity contribution in [1.82, 2.24) is 5.32 Å². The molecule has 0 radical (unpaired) electrons. The van der Waals surface area contributed by atoms with E-state index < -0.39 is 0 Å². The summed E-state index contributed by atoms with van der Waals surface area (Å²) < 4.78 is 0.816. The maximum atomic E-state index is 12.4. The van der Waals surface area contributed by atoms with Crippen LogP contribution in [-0.4, -0.2) is 11.2 Å². The molecule has 0 aliphatic carbocycles. The second kappa shape index (κ2) is 7.04. The number of halogens is 2. The highest BCUT2D eigenvalue weighted by Crippen LogP contribution is 2.21. The molecule has 2 rings (SSSR count). The highest BCUT2D eigenvalue weighted by Gasteiger charge is 2.16. The molecule has 20 heavy (non-hydrogen) atoms. The van der Waals surface area contributed by atoms with Gasteiger partial charge in [-0.2, -0.15) is 0 Å². The zero-order valence-electron chi connectivity index (χ0n) is 11.1. The maximum Gasteiger partial charge on any atom is 0.252 e. The molecule has 2 aromatic carbocycles. The first kappa shape index (κ1) is 15.3. The second-order valence-electron chi connectivity index (χ2n) is 4.57. The fraction of sp³-hybridized carbons (Fsp3) is 0.188. The molecule has 1 unspecified atom stereocenters. The Hall–Kier alpha value is -1.13. The largest absolute Gasteiger partial charge is 0.344 e. The van der Waals surface area contributed by atoms with Gasteiger partial charge < -0.3 is 5.32 Å². The van der Waals surface area contributed by atoms with Crippen LogP contribution in [0.3, 0.4) is 0 Å².